The standard InChI is InChI=1S/C16H13ClN6O2S2/c17-14-13(3-1-8-18-14)22-16(26)21-11-4-6-12(7-5-11)27(24,25)23-15-19-9-2-10-20-15/h1-10H,(H,19,20,23)(H2,21,22,26). The number of sulfonamides is 1. The Bertz CT molecular complexity index is 1050. The number of halogens is 1. The zero-order valence-corrected chi connectivity index (χ0v) is 16.0. The van der Waals surface area contributed by atoms with Crippen molar-refractivity contribution in [1.82, 2.24) is 15.0 Å². The van der Waals surface area contributed by atoms with E-state index in [9.17, 15) is 8.42 Å². The van der Waals surface area contributed by atoms with Crippen LogP contribution in [0.5, 0.6) is 0 Å². The van der Waals surface area contributed by atoms with Crippen molar-refractivity contribution < 1.29 is 8.42 Å². The molecule has 27 heavy (non-hydrogen) atoms. The van der Waals surface area contributed by atoms with Gasteiger partial charge in [-0.3, -0.25) is 0 Å². The lowest BCUT2D eigenvalue weighted by Crippen LogP contribution is -2.19. The van der Waals surface area contributed by atoms with Gasteiger partial charge < -0.3 is 10.6 Å². The third kappa shape index (κ3) is 5.09. The maximum Gasteiger partial charge on any atom is 0.264 e. The van der Waals surface area contributed by atoms with E-state index in [-0.39, 0.29) is 21.1 Å². The van der Waals surface area contributed by atoms with Crippen molar-refractivity contribution >= 4 is 56.3 Å². The molecule has 0 atom stereocenters. The van der Waals surface area contributed by atoms with Crippen LogP contribution in [0, 0.1) is 0 Å². The first-order valence-corrected chi connectivity index (χ1v) is 9.79. The van der Waals surface area contributed by atoms with E-state index in [4.69, 9.17) is 23.8 Å². The molecule has 0 aliphatic rings. The highest BCUT2D eigenvalue weighted by Gasteiger charge is 2.15. The first-order chi connectivity index (χ1) is 12.9. The Balaban J connectivity index is 1.66. The molecule has 0 saturated carbocycles. The minimum atomic E-state index is -3.79. The molecule has 0 spiro atoms. The summed E-state index contributed by atoms with van der Waals surface area (Å²) in [6.45, 7) is 0. The summed E-state index contributed by atoms with van der Waals surface area (Å²) in [5.74, 6) is -0.00146. The van der Waals surface area contributed by atoms with Crippen molar-refractivity contribution in [1.29, 1.82) is 0 Å². The van der Waals surface area contributed by atoms with Crippen molar-refractivity contribution in [3.05, 3.63) is 66.2 Å². The van der Waals surface area contributed by atoms with Gasteiger partial charge in [-0.25, -0.2) is 28.1 Å². The van der Waals surface area contributed by atoms with Crippen LogP contribution in [0.25, 0.3) is 0 Å². The van der Waals surface area contributed by atoms with Crippen LogP contribution < -0.4 is 15.4 Å². The summed E-state index contributed by atoms with van der Waals surface area (Å²) in [4.78, 5) is 11.7. The third-order valence-corrected chi connectivity index (χ3v) is 5.07. The molecule has 0 radical (unpaired) electrons. The summed E-state index contributed by atoms with van der Waals surface area (Å²) in [7, 11) is -3.79. The SMILES string of the molecule is O=S(=O)(Nc1ncccn1)c1ccc(NC(=S)Nc2cccnc2Cl)cc1. The summed E-state index contributed by atoms with van der Waals surface area (Å²) in [5.41, 5.74) is 1.16. The average molecular weight is 421 g/mol. The normalized spacial score (nSPS) is 10.9. The predicted molar refractivity (Wildman–Crippen MR) is 108 cm³/mol. The van der Waals surface area contributed by atoms with E-state index in [0.29, 0.717) is 11.4 Å². The molecule has 0 aliphatic heterocycles. The summed E-state index contributed by atoms with van der Waals surface area (Å²) < 4.78 is 27.0. The number of nitrogens with one attached hydrogen (secondary N) is 3. The van der Waals surface area contributed by atoms with Gasteiger partial charge in [0.1, 0.15) is 0 Å². The second-order valence-electron chi connectivity index (χ2n) is 5.12. The molecule has 8 nitrogen and oxygen atoms in total. The van der Waals surface area contributed by atoms with Crippen LogP contribution >= 0.6 is 23.8 Å². The topological polar surface area (TPSA) is 109 Å². The Morgan fingerprint density at radius 2 is 1.59 bits per heavy atom. The maximum atomic E-state index is 12.3. The molecular formula is C16H13ClN6O2S2. The molecule has 138 valence electrons. The average Bonchev–Trinajstić information content (AvgIpc) is 2.64. The number of pyridine rings is 1. The number of aromatic nitrogens is 3. The number of anilines is 3. The highest BCUT2D eigenvalue weighted by atomic mass is 35.5. The maximum absolute atomic E-state index is 12.3. The minimum Gasteiger partial charge on any atom is -0.332 e. The van der Waals surface area contributed by atoms with E-state index in [1.54, 1.807) is 36.5 Å². The van der Waals surface area contributed by atoms with Crippen molar-refractivity contribution in [2.45, 2.75) is 4.90 Å². The summed E-state index contributed by atoms with van der Waals surface area (Å²) >= 11 is 11.2. The van der Waals surface area contributed by atoms with E-state index in [0.717, 1.165) is 0 Å². The molecule has 0 fully saturated rings. The van der Waals surface area contributed by atoms with Gasteiger partial charge in [0.2, 0.25) is 5.95 Å². The van der Waals surface area contributed by atoms with Crippen LogP contribution in [0.2, 0.25) is 5.15 Å². The van der Waals surface area contributed by atoms with Gasteiger partial charge >= 0.3 is 0 Å². The molecular weight excluding hydrogens is 408 g/mol. The Kier molecular flexibility index (Phi) is 5.79. The molecule has 0 amide bonds. The van der Waals surface area contributed by atoms with E-state index in [1.165, 1.54) is 24.5 Å². The van der Waals surface area contributed by atoms with Gasteiger partial charge in [-0.1, -0.05) is 11.6 Å². The number of hydrogen-bond acceptors (Lipinski definition) is 6. The van der Waals surface area contributed by atoms with Gasteiger partial charge in [0.15, 0.2) is 10.3 Å². The van der Waals surface area contributed by atoms with Gasteiger partial charge in [0, 0.05) is 24.3 Å². The number of nitrogens with zero attached hydrogens (tertiary/aromatic N) is 3. The molecule has 3 N–H and O–H groups in total. The summed E-state index contributed by atoms with van der Waals surface area (Å²) in [6.07, 6.45) is 4.46. The predicted octanol–water partition coefficient (Wildman–Crippen LogP) is 3.13. The number of benzene rings is 1. The van der Waals surface area contributed by atoms with Gasteiger partial charge in [-0.15, -0.1) is 0 Å². The van der Waals surface area contributed by atoms with Gasteiger partial charge in [-0.2, -0.15) is 0 Å². The second kappa shape index (κ2) is 8.25. The largest absolute Gasteiger partial charge is 0.332 e. The Hall–Kier alpha value is -2.82. The molecule has 2 heterocycles. The van der Waals surface area contributed by atoms with Gasteiger partial charge in [-0.05, 0) is 54.7 Å². The molecule has 0 aliphatic carbocycles. The Labute approximate surface area is 166 Å². The minimum absolute atomic E-state index is 0.00146. The van der Waals surface area contributed by atoms with Crippen molar-refractivity contribution in [3.8, 4) is 0 Å². The van der Waals surface area contributed by atoms with Crippen LogP contribution in [-0.4, -0.2) is 28.5 Å². The van der Waals surface area contributed by atoms with Crippen LogP contribution in [-0.2, 0) is 10.0 Å². The van der Waals surface area contributed by atoms with E-state index in [1.807, 2.05) is 0 Å². The van der Waals surface area contributed by atoms with Gasteiger partial charge in [0.25, 0.3) is 10.0 Å². The monoisotopic (exact) mass is 420 g/mol. The lowest BCUT2D eigenvalue weighted by molar-refractivity contribution is 0.601. The lowest BCUT2D eigenvalue weighted by atomic mass is 10.3. The van der Waals surface area contributed by atoms with Crippen LogP contribution in [0.15, 0.2) is 66.0 Å². The van der Waals surface area contributed by atoms with Crippen LogP contribution in [0.1, 0.15) is 0 Å². The molecule has 11 heteroatoms. The van der Waals surface area contributed by atoms with E-state index < -0.39 is 10.0 Å². The first-order valence-electron chi connectivity index (χ1n) is 7.52. The molecule has 0 saturated heterocycles. The van der Waals surface area contributed by atoms with E-state index >= 15 is 0 Å². The molecule has 2 aromatic heterocycles. The van der Waals surface area contributed by atoms with Gasteiger partial charge in [0.05, 0.1) is 10.6 Å². The molecule has 1 aromatic carbocycles. The zero-order chi connectivity index (χ0) is 19.3. The zero-order valence-electron chi connectivity index (χ0n) is 13.6. The second-order valence-corrected chi connectivity index (χ2v) is 7.57. The lowest BCUT2D eigenvalue weighted by Gasteiger charge is -2.12. The van der Waals surface area contributed by atoms with Crippen molar-refractivity contribution in [2.24, 2.45) is 0 Å². The van der Waals surface area contributed by atoms with Crippen LogP contribution in [0.4, 0.5) is 17.3 Å². The molecule has 0 unspecified atom stereocenters. The summed E-state index contributed by atoms with van der Waals surface area (Å²) in [6, 6.07) is 11.1. The Morgan fingerprint density at radius 1 is 0.926 bits per heavy atom. The fraction of sp³-hybridized carbons (Fsp3) is 0. The van der Waals surface area contributed by atoms with Crippen molar-refractivity contribution in [2.75, 3.05) is 15.4 Å². The fourth-order valence-corrected chi connectivity index (χ4v) is 3.36. The number of thiocarbonyl (C=S) groups is 1. The van der Waals surface area contributed by atoms with E-state index in [2.05, 4.69) is 30.3 Å². The number of rotatable bonds is 5. The fourth-order valence-electron chi connectivity index (χ4n) is 2.01. The molecule has 0 bridgehead atoms. The Morgan fingerprint density at radius 3 is 2.26 bits per heavy atom. The van der Waals surface area contributed by atoms with Crippen molar-refractivity contribution in [3.63, 3.8) is 0 Å². The summed E-state index contributed by atoms with van der Waals surface area (Å²) in [5, 5.41) is 6.43. The smallest absolute Gasteiger partial charge is 0.264 e. The highest BCUT2D eigenvalue weighted by molar-refractivity contribution is 7.92. The quantitative estimate of drug-likeness (QED) is 0.426. The number of hydrogen-bond donors (Lipinski definition) is 3. The molecule has 3 aromatic rings. The third-order valence-electron chi connectivity index (χ3n) is 3.22. The highest BCUT2D eigenvalue weighted by Crippen LogP contribution is 2.19. The first kappa shape index (κ1) is 19.0. The van der Waals surface area contributed by atoms with Crippen LogP contribution in [0.3, 0.4) is 0 Å². The molecule has 3 rings (SSSR count).